The van der Waals surface area contributed by atoms with Crippen molar-refractivity contribution in [3.8, 4) is 6.07 Å². The summed E-state index contributed by atoms with van der Waals surface area (Å²) in [6.07, 6.45) is 0.125. The lowest BCUT2D eigenvalue weighted by molar-refractivity contribution is -0.385. The highest BCUT2D eigenvalue weighted by Crippen LogP contribution is 2.25. The standard InChI is InChI=1S/C13H10ClN3O4S2/c14-12-3-4-13(22-12)23(20,21)16-6-5-10-2-1-9(8-15)7-11(10)17(18)19/h1-4,7,16H,5-6H2. The molecule has 0 saturated heterocycles. The smallest absolute Gasteiger partial charge is 0.258 e. The van der Waals surface area contributed by atoms with Gasteiger partial charge in [0.25, 0.3) is 5.69 Å². The number of nitriles is 1. The van der Waals surface area contributed by atoms with E-state index in [1.807, 2.05) is 6.07 Å². The summed E-state index contributed by atoms with van der Waals surface area (Å²) in [5, 5.41) is 19.8. The van der Waals surface area contributed by atoms with E-state index in [1.54, 1.807) is 0 Å². The van der Waals surface area contributed by atoms with Gasteiger partial charge in [0.05, 0.1) is 20.9 Å². The van der Waals surface area contributed by atoms with Gasteiger partial charge in [-0.05, 0) is 24.6 Å². The molecule has 1 N–H and O–H groups in total. The van der Waals surface area contributed by atoms with Crippen LogP contribution in [0.2, 0.25) is 4.34 Å². The van der Waals surface area contributed by atoms with Crippen molar-refractivity contribution in [2.45, 2.75) is 10.6 Å². The zero-order chi connectivity index (χ0) is 17.0. The first-order chi connectivity index (χ1) is 10.8. The molecule has 0 radical (unpaired) electrons. The van der Waals surface area contributed by atoms with E-state index >= 15 is 0 Å². The number of nitrogens with zero attached hydrogens (tertiary/aromatic N) is 2. The number of nitro benzene ring substituents is 1. The summed E-state index contributed by atoms with van der Waals surface area (Å²) in [7, 11) is -3.69. The predicted octanol–water partition coefficient (Wildman–Crippen LogP) is 2.70. The molecule has 10 heteroatoms. The van der Waals surface area contributed by atoms with E-state index < -0.39 is 14.9 Å². The largest absolute Gasteiger partial charge is 0.273 e. The molecule has 0 spiro atoms. The highest BCUT2D eigenvalue weighted by Gasteiger charge is 2.18. The van der Waals surface area contributed by atoms with Crippen LogP contribution in [0.15, 0.2) is 34.5 Å². The molecule has 0 aliphatic heterocycles. The Hall–Kier alpha value is -1.99. The maximum Gasteiger partial charge on any atom is 0.273 e. The van der Waals surface area contributed by atoms with Crippen LogP contribution in [0.25, 0.3) is 0 Å². The molecule has 1 aromatic heterocycles. The molecule has 120 valence electrons. The number of nitro groups is 1. The van der Waals surface area contributed by atoms with Gasteiger partial charge in [0, 0.05) is 18.2 Å². The Morgan fingerprint density at radius 2 is 2.09 bits per heavy atom. The van der Waals surface area contributed by atoms with Crippen molar-refractivity contribution in [2.75, 3.05) is 6.54 Å². The van der Waals surface area contributed by atoms with Crippen LogP contribution in [0.1, 0.15) is 11.1 Å². The first-order valence-corrected chi connectivity index (χ1v) is 8.93. The van der Waals surface area contributed by atoms with E-state index in [1.165, 1.54) is 30.3 Å². The second-order valence-electron chi connectivity index (χ2n) is 4.42. The number of sulfonamides is 1. The number of hydrogen-bond acceptors (Lipinski definition) is 6. The molecule has 2 aromatic rings. The Kier molecular flexibility index (Phi) is 5.33. The van der Waals surface area contributed by atoms with Gasteiger partial charge in [-0.1, -0.05) is 17.7 Å². The zero-order valence-corrected chi connectivity index (χ0v) is 13.9. The van der Waals surface area contributed by atoms with Crippen LogP contribution < -0.4 is 4.72 Å². The summed E-state index contributed by atoms with van der Waals surface area (Å²) in [4.78, 5) is 10.4. The number of halogens is 1. The maximum atomic E-state index is 12.0. The second kappa shape index (κ2) is 7.06. The molecule has 1 aromatic carbocycles. The van der Waals surface area contributed by atoms with E-state index in [-0.39, 0.29) is 28.4 Å². The van der Waals surface area contributed by atoms with Crippen molar-refractivity contribution in [1.29, 1.82) is 5.26 Å². The van der Waals surface area contributed by atoms with Crippen molar-refractivity contribution >= 4 is 38.6 Å². The van der Waals surface area contributed by atoms with Gasteiger partial charge in [-0.25, -0.2) is 13.1 Å². The van der Waals surface area contributed by atoms with Gasteiger partial charge < -0.3 is 0 Å². The van der Waals surface area contributed by atoms with E-state index in [0.29, 0.717) is 9.90 Å². The molecule has 1 heterocycles. The van der Waals surface area contributed by atoms with E-state index in [0.717, 1.165) is 11.3 Å². The summed E-state index contributed by atoms with van der Waals surface area (Å²) in [5.41, 5.74) is 0.317. The minimum atomic E-state index is -3.69. The van der Waals surface area contributed by atoms with E-state index in [4.69, 9.17) is 16.9 Å². The van der Waals surface area contributed by atoms with Crippen molar-refractivity contribution in [3.63, 3.8) is 0 Å². The topological polar surface area (TPSA) is 113 Å². The van der Waals surface area contributed by atoms with Gasteiger partial charge >= 0.3 is 0 Å². The minimum absolute atomic E-state index is 0.00933. The lowest BCUT2D eigenvalue weighted by Gasteiger charge is -2.06. The molecule has 0 atom stereocenters. The number of benzene rings is 1. The van der Waals surface area contributed by atoms with Crippen LogP contribution in [-0.2, 0) is 16.4 Å². The molecule has 23 heavy (non-hydrogen) atoms. The van der Waals surface area contributed by atoms with Crippen LogP contribution in [-0.4, -0.2) is 19.9 Å². The lowest BCUT2D eigenvalue weighted by atomic mass is 10.1. The van der Waals surface area contributed by atoms with Gasteiger partial charge in [-0.2, -0.15) is 5.26 Å². The molecule has 0 amide bonds. The van der Waals surface area contributed by atoms with Crippen molar-refractivity contribution in [1.82, 2.24) is 4.72 Å². The summed E-state index contributed by atoms with van der Waals surface area (Å²) >= 11 is 6.63. The Labute approximate surface area is 141 Å². The van der Waals surface area contributed by atoms with Crippen LogP contribution in [0.5, 0.6) is 0 Å². The average Bonchev–Trinajstić information content (AvgIpc) is 2.94. The van der Waals surface area contributed by atoms with E-state index in [2.05, 4.69) is 4.72 Å². The van der Waals surface area contributed by atoms with Gasteiger partial charge in [-0.3, -0.25) is 10.1 Å². The molecule has 0 fully saturated rings. The third kappa shape index (κ3) is 4.27. The van der Waals surface area contributed by atoms with Crippen LogP contribution in [0.4, 0.5) is 5.69 Å². The molecule has 0 unspecified atom stereocenters. The predicted molar refractivity (Wildman–Crippen MR) is 86.0 cm³/mol. The Morgan fingerprint density at radius 3 is 2.65 bits per heavy atom. The Bertz CT molecular complexity index is 887. The lowest BCUT2D eigenvalue weighted by Crippen LogP contribution is -2.25. The summed E-state index contributed by atoms with van der Waals surface area (Å²) in [6.45, 7) is -0.00933. The van der Waals surface area contributed by atoms with Crippen LogP contribution in [0, 0.1) is 21.4 Å². The Morgan fingerprint density at radius 1 is 1.35 bits per heavy atom. The SMILES string of the molecule is N#Cc1ccc(CCNS(=O)(=O)c2ccc(Cl)s2)c([N+](=O)[O-])c1. The summed E-state index contributed by atoms with van der Waals surface area (Å²) < 4.78 is 26.8. The van der Waals surface area contributed by atoms with Gasteiger partial charge in [0.1, 0.15) is 4.21 Å². The van der Waals surface area contributed by atoms with Crippen molar-refractivity contribution in [3.05, 3.63) is 55.9 Å². The van der Waals surface area contributed by atoms with Gasteiger partial charge in [-0.15, -0.1) is 11.3 Å². The molecule has 0 saturated carbocycles. The molecular weight excluding hydrogens is 362 g/mol. The summed E-state index contributed by atoms with van der Waals surface area (Å²) in [5.74, 6) is 0. The summed E-state index contributed by atoms with van der Waals surface area (Å²) in [6, 6.07) is 8.77. The van der Waals surface area contributed by atoms with Crippen molar-refractivity contribution in [2.24, 2.45) is 0 Å². The second-order valence-corrected chi connectivity index (χ2v) is 8.13. The fourth-order valence-corrected chi connectivity index (χ4v) is 4.41. The number of thiophene rings is 1. The fourth-order valence-electron chi connectivity index (χ4n) is 1.85. The van der Waals surface area contributed by atoms with Crippen LogP contribution in [0.3, 0.4) is 0 Å². The molecule has 0 bridgehead atoms. The average molecular weight is 372 g/mol. The van der Waals surface area contributed by atoms with Gasteiger partial charge in [0.15, 0.2) is 0 Å². The van der Waals surface area contributed by atoms with Crippen molar-refractivity contribution < 1.29 is 13.3 Å². The molecule has 0 aliphatic rings. The number of rotatable bonds is 6. The molecule has 7 nitrogen and oxygen atoms in total. The van der Waals surface area contributed by atoms with Crippen LogP contribution >= 0.6 is 22.9 Å². The first-order valence-electron chi connectivity index (χ1n) is 6.26. The maximum absolute atomic E-state index is 12.0. The fraction of sp³-hybridized carbons (Fsp3) is 0.154. The van der Waals surface area contributed by atoms with Gasteiger partial charge in [0.2, 0.25) is 10.0 Å². The number of nitrogens with one attached hydrogen (secondary N) is 1. The minimum Gasteiger partial charge on any atom is -0.258 e. The normalized spacial score (nSPS) is 11.1. The zero-order valence-electron chi connectivity index (χ0n) is 11.5. The molecule has 2 rings (SSSR count). The quantitative estimate of drug-likeness (QED) is 0.619. The third-order valence-corrected chi connectivity index (χ3v) is 6.09. The Balaban J connectivity index is 2.10. The first kappa shape index (κ1) is 17.4. The molecular formula is C13H10ClN3O4S2. The van der Waals surface area contributed by atoms with E-state index in [9.17, 15) is 18.5 Å². The number of hydrogen-bond donors (Lipinski definition) is 1. The third-order valence-electron chi connectivity index (χ3n) is 2.91. The monoisotopic (exact) mass is 371 g/mol. The molecule has 0 aliphatic carbocycles. The highest BCUT2D eigenvalue weighted by atomic mass is 35.5. The highest BCUT2D eigenvalue weighted by molar-refractivity contribution is 7.91.